The van der Waals surface area contributed by atoms with Crippen molar-refractivity contribution in [1.82, 2.24) is 14.9 Å². The fourth-order valence-corrected chi connectivity index (χ4v) is 1.66. The quantitative estimate of drug-likeness (QED) is 0.740. The molecule has 74 valence electrons. The minimum absolute atomic E-state index is 0.0529. The van der Waals surface area contributed by atoms with Gasteiger partial charge in [0.1, 0.15) is 4.60 Å². The van der Waals surface area contributed by atoms with E-state index in [4.69, 9.17) is 0 Å². The molecule has 0 aliphatic carbocycles. The van der Waals surface area contributed by atoms with Crippen LogP contribution >= 0.6 is 15.9 Å². The fourth-order valence-electron chi connectivity index (χ4n) is 1.35. The van der Waals surface area contributed by atoms with Crippen LogP contribution in [-0.4, -0.2) is 34.4 Å². The third kappa shape index (κ3) is 1.91. The van der Waals surface area contributed by atoms with Crippen molar-refractivity contribution in [2.45, 2.75) is 6.54 Å². The van der Waals surface area contributed by atoms with Gasteiger partial charge in [-0.05, 0) is 23.0 Å². The van der Waals surface area contributed by atoms with Gasteiger partial charge in [-0.2, -0.15) is 0 Å². The molecule has 1 amide bonds. The van der Waals surface area contributed by atoms with Crippen molar-refractivity contribution in [1.29, 1.82) is 0 Å². The van der Waals surface area contributed by atoms with Gasteiger partial charge in [-0.25, -0.2) is 9.97 Å². The van der Waals surface area contributed by atoms with Gasteiger partial charge >= 0.3 is 0 Å². The number of anilines is 1. The van der Waals surface area contributed by atoms with E-state index < -0.39 is 0 Å². The molecule has 6 heteroatoms. The second-order valence-corrected chi connectivity index (χ2v) is 4.02. The molecular weight excluding hydrogens is 248 g/mol. The van der Waals surface area contributed by atoms with Crippen LogP contribution in [0, 0.1) is 0 Å². The standard InChI is InChI=1S/C8H9BrN4O/c1-13-3-5-8(12-7(14)4-13)10-2-6(9)11-5/h2H,3-4H2,1H3,(H,10,12,14). The number of carbonyl (C=O) groups excluding carboxylic acids is 1. The normalized spacial score (nSPS) is 17.1. The predicted molar refractivity (Wildman–Crippen MR) is 54.7 cm³/mol. The van der Waals surface area contributed by atoms with Crippen LogP contribution in [0.15, 0.2) is 10.8 Å². The summed E-state index contributed by atoms with van der Waals surface area (Å²) in [5.41, 5.74) is 0.785. The van der Waals surface area contributed by atoms with E-state index in [-0.39, 0.29) is 5.91 Å². The van der Waals surface area contributed by atoms with Gasteiger partial charge in [0.05, 0.1) is 18.4 Å². The molecule has 0 aromatic carbocycles. The summed E-state index contributed by atoms with van der Waals surface area (Å²) in [5, 5.41) is 2.70. The summed E-state index contributed by atoms with van der Waals surface area (Å²) in [4.78, 5) is 21.6. The summed E-state index contributed by atoms with van der Waals surface area (Å²) in [6.45, 7) is 0.996. The number of hydrogen-bond donors (Lipinski definition) is 1. The van der Waals surface area contributed by atoms with Crippen LogP contribution < -0.4 is 5.32 Å². The van der Waals surface area contributed by atoms with Crippen LogP contribution in [-0.2, 0) is 11.3 Å². The van der Waals surface area contributed by atoms with E-state index in [1.165, 1.54) is 0 Å². The zero-order chi connectivity index (χ0) is 10.1. The molecule has 14 heavy (non-hydrogen) atoms. The molecule has 0 spiro atoms. The molecular formula is C8H9BrN4O. The van der Waals surface area contributed by atoms with Gasteiger partial charge in [-0.1, -0.05) is 0 Å². The average Bonchev–Trinajstić information content (AvgIpc) is 2.21. The van der Waals surface area contributed by atoms with E-state index in [2.05, 4.69) is 31.2 Å². The fraction of sp³-hybridized carbons (Fsp3) is 0.375. The molecule has 1 aromatic rings. The second kappa shape index (κ2) is 3.62. The molecule has 2 rings (SSSR count). The highest BCUT2D eigenvalue weighted by molar-refractivity contribution is 9.10. The van der Waals surface area contributed by atoms with Crippen LogP contribution in [0.4, 0.5) is 5.82 Å². The summed E-state index contributed by atoms with van der Waals surface area (Å²) in [5.74, 6) is 0.505. The van der Waals surface area contributed by atoms with E-state index >= 15 is 0 Å². The van der Waals surface area contributed by atoms with Crippen LogP contribution in [0.1, 0.15) is 5.69 Å². The smallest absolute Gasteiger partial charge is 0.239 e. The van der Waals surface area contributed by atoms with Gasteiger partial charge in [0, 0.05) is 6.54 Å². The van der Waals surface area contributed by atoms with Gasteiger partial charge in [0.25, 0.3) is 0 Å². The number of nitrogens with one attached hydrogen (secondary N) is 1. The molecule has 0 radical (unpaired) electrons. The number of amides is 1. The average molecular weight is 257 g/mol. The van der Waals surface area contributed by atoms with E-state index in [9.17, 15) is 4.79 Å². The lowest BCUT2D eigenvalue weighted by atomic mass is 10.4. The first-order chi connectivity index (χ1) is 6.65. The maximum Gasteiger partial charge on any atom is 0.239 e. The van der Waals surface area contributed by atoms with Gasteiger partial charge in [0.2, 0.25) is 5.91 Å². The lowest BCUT2D eigenvalue weighted by Crippen LogP contribution is -2.26. The molecule has 1 N–H and O–H groups in total. The van der Waals surface area contributed by atoms with Crippen molar-refractivity contribution < 1.29 is 4.79 Å². The maximum atomic E-state index is 11.3. The molecule has 1 aromatic heterocycles. The molecule has 0 atom stereocenters. The number of nitrogens with zero attached hydrogens (tertiary/aromatic N) is 3. The Balaban J connectivity index is 2.41. The van der Waals surface area contributed by atoms with Gasteiger partial charge in [0.15, 0.2) is 5.82 Å². The Morgan fingerprint density at radius 1 is 1.57 bits per heavy atom. The maximum absolute atomic E-state index is 11.3. The first-order valence-corrected chi connectivity index (χ1v) is 4.94. The minimum Gasteiger partial charge on any atom is -0.308 e. The number of rotatable bonds is 0. The minimum atomic E-state index is -0.0529. The summed E-state index contributed by atoms with van der Waals surface area (Å²) < 4.78 is 0.681. The van der Waals surface area contributed by atoms with E-state index in [0.717, 1.165) is 5.69 Å². The highest BCUT2D eigenvalue weighted by Gasteiger charge is 2.18. The highest BCUT2D eigenvalue weighted by atomic mass is 79.9. The Labute approximate surface area is 89.7 Å². The van der Waals surface area contributed by atoms with E-state index in [1.807, 2.05) is 11.9 Å². The van der Waals surface area contributed by atoms with Crippen molar-refractivity contribution in [2.75, 3.05) is 18.9 Å². The number of hydrogen-bond acceptors (Lipinski definition) is 4. The lowest BCUT2D eigenvalue weighted by Gasteiger charge is -2.10. The summed E-state index contributed by atoms with van der Waals surface area (Å²) in [6.07, 6.45) is 1.57. The SMILES string of the molecule is CN1CC(=O)Nc2ncc(Br)nc2C1. The highest BCUT2D eigenvalue weighted by Crippen LogP contribution is 2.17. The van der Waals surface area contributed by atoms with E-state index in [0.29, 0.717) is 23.5 Å². The summed E-state index contributed by atoms with van der Waals surface area (Å²) >= 11 is 3.25. The first kappa shape index (κ1) is 9.54. The topological polar surface area (TPSA) is 58.1 Å². The van der Waals surface area contributed by atoms with Gasteiger partial charge in [-0.15, -0.1) is 0 Å². The third-order valence-electron chi connectivity index (χ3n) is 1.91. The largest absolute Gasteiger partial charge is 0.308 e. The zero-order valence-electron chi connectivity index (χ0n) is 7.62. The molecule has 1 aliphatic rings. The third-order valence-corrected chi connectivity index (χ3v) is 2.29. The van der Waals surface area contributed by atoms with Gasteiger partial charge < -0.3 is 5.32 Å². The van der Waals surface area contributed by atoms with Crippen LogP contribution in [0.5, 0.6) is 0 Å². The zero-order valence-corrected chi connectivity index (χ0v) is 9.21. The molecule has 1 aliphatic heterocycles. The molecule has 2 heterocycles. The Hall–Kier alpha value is -1.01. The van der Waals surface area contributed by atoms with Crippen LogP contribution in [0.3, 0.4) is 0 Å². The number of likely N-dealkylation sites (N-methyl/N-ethyl adjacent to an activating group) is 1. The van der Waals surface area contributed by atoms with Crippen molar-refractivity contribution in [3.05, 3.63) is 16.5 Å². The van der Waals surface area contributed by atoms with Crippen molar-refractivity contribution in [3.63, 3.8) is 0 Å². The molecule has 0 unspecified atom stereocenters. The van der Waals surface area contributed by atoms with Crippen molar-refractivity contribution in [3.8, 4) is 0 Å². The monoisotopic (exact) mass is 256 g/mol. The first-order valence-electron chi connectivity index (χ1n) is 4.15. The van der Waals surface area contributed by atoms with E-state index in [1.54, 1.807) is 6.20 Å². The summed E-state index contributed by atoms with van der Waals surface area (Å²) in [7, 11) is 1.87. The van der Waals surface area contributed by atoms with Gasteiger partial charge in [-0.3, -0.25) is 9.69 Å². The molecule has 0 saturated heterocycles. The molecule has 0 saturated carbocycles. The number of halogens is 1. The number of aromatic nitrogens is 2. The number of fused-ring (bicyclic) bond motifs is 1. The Morgan fingerprint density at radius 2 is 2.36 bits per heavy atom. The Bertz CT molecular complexity index is 382. The van der Waals surface area contributed by atoms with Crippen molar-refractivity contribution >= 4 is 27.7 Å². The molecule has 5 nitrogen and oxygen atoms in total. The Kier molecular flexibility index (Phi) is 2.47. The Morgan fingerprint density at radius 3 is 3.14 bits per heavy atom. The summed E-state index contributed by atoms with van der Waals surface area (Å²) in [6, 6.07) is 0. The second-order valence-electron chi connectivity index (χ2n) is 3.21. The molecule has 0 bridgehead atoms. The lowest BCUT2D eigenvalue weighted by molar-refractivity contribution is -0.116. The molecule has 0 fully saturated rings. The predicted octanol–water partition coefficient (Wildman–Crippen LogP) is 0.623. The van der Waals surface area contributed by atoms with Crippen LogP contribution in [0.25, 0.3) is 0 Å². The van der Waals surface area contributed by atoms with Crippen LogP contribution in [0.2, 0.25) is 0 Å². The number of carbonyl (C=O) groups is 1. The van der Waals surface area contributed by atoms with Crippen molar-refractivity contribution in [2.24, 2.45) is 0 Å².